The van der Waals surface area contributed by atoms with E-state index in [0.29, 0.717) is 6.10 Å². The normalized spacial score (nSPS) is 26.6. The molecule has 0 spiro atoms. The average molecular weight is 322 g/mol. The van der Waals surface area contributed by atoms with Crippen LogP contribution in [-0.4, -0.2) is 30.7 Å². The van der Waals surface area contributed by atoms with Gasteiger partial charge in [-0.15, -0.1) is 0 Å². The Morgan fingerprint density at radius 3 is 2.13 bits per heavy atom. The second-order valence-corrected chi connectivity index (χ2v) is 7.76. The zero-order valence-electron chi connectivity index (χ0n) is 15.6. The van der Waals surface area contributed by atoms with Gasteiger partial charge in [-0.3, -0.25) is 0 Å². The van der Waals surface area contributed by atoms with Crippen molar-refractivity contribution in [2.24, 2.45) is 0 Å². The summed E-state index contributed by atoms with van der Waals surface area (Å²) in [7, 11) is 0. The number of hydrogen-bond acceptors (Lipinski definition) is 3. The first-order chi connectivity index (χ1) is 10.8. The predicted octanol–water partition coefficient (Wildman–Crippen LogP) is 5.16. The Kier molecular flexibility index (Phi) is 6.47. The quantitative estimate of drug-likeness (QED) is 0.434. The molecule has 0 bridgehead atoms. The van der Waals surface area contributed by atoms with Gasteiger partial charge in [-0.2, -0.15) is 0 Å². The van der Waals surface area contributed by atoms with E-state index in [0.717, 1.165) is 51.7 Å². The average Bonchev–Trinajstić information content (AvgIpc) is 2.86. The number of ether oxygens (including phenoxy) is 3. The summed E-state index contributed by atoms with van der Waals surface area (Å²) in [6.07, 6.45) is 11.7. The van der Waals surface area contributed by atoms with Gasteiger partial charge in [0, 0.05) is 6.42 Å². The number of rotatable bonds is 9. The minimum Gasteiger partial charge on any atom is -0.367 e. The molecule has 132 valence electrons. The Labute approximate surface area is 142 Å². The minimum atomic E-state index is -0.355. The topological polar surface area (TPSA) is 31.0 Å². The fraction of sp³-hybridized carbons (Fsp3) is 0.800. The van der Waals surface area contributed by atoms with Crippen molar-refractivity contribution in [3.63, 3.8) is 0 Å². The maximum atomic E-state index is 5.64. The molecule has 3 heteroatoms. The molecule has 2 fully saturated rings. The summed E-state index contributed by atoms with van der Waals surface area (Å²) in [5.74, 6) is -0.355. The van der Waals surface area contributed by atoms with E-state index in [4.69, 9.17) is 14.2 Å². The second kappa shape index (κ2) is 7.96. The van der Waals surface area contributed by atoms with Crippen molar-refractivity contribution in [2.75, 3.05) is 13.2 Å². The lowest BCUT2D eigenvalue weighted by Gasteiger charge is -2.21. The second-order valence-electron chi connectivity index (χ2n) is 7.76. The van der Waals surface area contributed by atoms with Crippen molar-refractivity contribution < 1.29 is 14.2 Å². The van der Waals surface area contributed by atoms with Crippen LogP contribution in [0, 0.1) is 0 Å². The van der Waals surface area contributed by atoms with Gasteiger partial charge in [0.25, 0.3) is 0 Å². The van der Waals surface area contributed by atoms with Crippen molar-refractivity contribution in [2.45, 2.75) is 90.6 Å². The van der Waals surface area contributed by atoms with Crippen LogP contribution in [0.5, 0.6) is 0 Å². The first kappa shape index (κ1) is 18.7. The third-order valence-corrected chi connectivity index (χ3v) is 4.99. The van der Waals surface area contributed by atoms with Crippen molar-refractivity contribution in [3.05, 3.63) is 23.3 Å². The van der Waals surface area contributed by atoms with Gasteiger partial charge in [0.15, 0.2) is 5.79 Å². The van der Waals surface area contributed by atoms with Gasteiger partial charge in [0.1, 0.15) is 0 Å². The molecule has 2 rings (SSSR count). The molecule has 3 nitrogen and oxygen atoms in total. The number of allylic oxidation sites excluding steroid dienone is 4. The molecule has 0 radical (unpaired) electrons. The maximum Gasteiger partial charge on any atom is 0.166 e. The van der Waals surface area contributed by atoms with Gasteiger partial charge in [-0.25, -0.2) is 0 Å². The molecular weight excluding hydrogens is 288 g/mol. The van der Waals surface area contributed by atoms with Crippen molar-refractivity contribution in [3.8, 4) is 0 Å². The molecular formula is C20H34O3. The molecule has 2 heterocycles. The van der Waals surface area contributed by atoms with Crippen LogP contribution in [0.2, 0.25) is 0 Å². The monoisotopic (exact) mass is 322 g/mol. The molecule has 0 aromatic heterocycles. The Bertz CT molecular complexity index is 442. The molecule has 2 aliphatic heterocycles. The van der Waals surface area contributed by atoms with E-state index in [-0.39, 0.29) is 11.4 Å². The molecule has 0 N–H and O–H groups in total. The van der Waals surface area contributed by atoms with Crippen LogP contribution in [0.15, 0.2) is 23.3 Å². The lowest BCUT2D eigenvalue weighted by molar-refractivity contribution is -0.145. The lowest BCUT2D eigenvalue weighted by Crippen LogP contribution is -2.24. The maximum absolute atomic E-state index is 5.64. The number of epoxide rings is 1. The third-order valence-electron chi connectivity index (χ3n) is 4.99. The molecule has 0 aliphatic carbocycles. The molecule has 0 amide bonds. The highest BCUT2D eigenvalue weighted by Crippen LogP contribution is 2.38. The predicted molar refractivity (Wildman–Crippen MR) is 94.5 cm³/mol. The molecule has 0 aromatic rings. The highest BCUT2D eigenvalue weighted by molar-refractivity contribution is 5.05. The molecule has 0 aromatic carbocycles. The van der Waals surface area contributed by atoms with E-state index < -0.39 is 0 Å². The minimum absolute atomic E-state index is 0.128. The van der Waals surface area contributed by atoms with E-state index in [2.05, 4.69) is 39.8 Å². The zero-order valence-corrected chi connectivity index (χ0v) is 15.6. The Morgan fingerprint density at radius 2 is 1.52 bits per heavy atom. The van der Waals surface area contributed by atoms with Crippen LogP contribution in [0.3, 0.4) is 0 Å². The van der Waals surface area contributed by atoms with Crippen LogP contribution in [0.25, 0.3) is 0 Å². The van der Waals surface area contributed by atoms with Gasteiger partial charge < -0.3 is 14.2 Å². The van der Waals surface area contributed by atoms with Gasteiger partial charge in [0.05, 0.1) is 24.9 Å². The fourth-order valence-corrected chi connectivity index (χ4v) is 3.13. The summed E-state index contributed by atoms with van der Waals surface area (Å²) < 4.78 is 16.9. The Morgan fingerprint density at radius 1 is 0.957 bits per heavy atom. The lowest BCUT2D eigenvalue weighted by atomic mass is 10.0. The van der Waals surface area contributed by atoms with E-state index in [1.165, 1.54) is 11.1 Å². The van der Waals surface area contributed by atoms with Crippen LogP contribution in [0.4, 0.5) is 0 Å². The first-order valence-corrected chi connectivity index (χ1v) is 9.08. The van der Waals surface area contributed by atoms with Gasteiger partial charge in [-0.1, -0.05) is 23.3 Å². The highest BCUT2D eigenvalue weighted by atomic mass is 16.7. The first-order valence-electron chi connectivity index (χ1n) is 9.08. The zero-order chi connectivity index (χ0) is 16.9. The number of hydrogen-bond donors (Lipinski definition) is 0. The Balaban J connectivity index is 1.58. The molecule has 1 atom stereocenters. The molecule has 2 saturated heterocycles. The van der Waals surface area contributed by atoms with Crippen LogP contribution >= 0.6 is 0 Å². The summed E-state index contributed by atoms with van der Waals surface area (Å²) in [6, 6.07) is 0. The Hall–Kier alpha value is -0.640. The van der Waals surface area contributed by atoms with Crippen LogP contribution < -0.4 is 0 Å². The van der Waals surface area contributed by atoms with Crippen molar-refractivity contribution >= 4 is 0 Å². The fourth-order valence-electron chi connectivity index (χ4n) is 3.13. The van der Waals surface area contributed by atoms with E-state index in [1.807, 2.05) is 6.92 Å². The SMILES string of the molecule is C/C(=C\CCC1(C)OCCO1)CC/C=C(\C)CCC1OC1(C)C. The molecule has 0 saturated carbocycles. The largest absolute Gasteiger partial charge is 0.367 e. The smallest absolute Gasteiger partial charge is 0.166 e. The van der Waals surface area contributed by atoms with Crippen LogP contribution in [0.1, 0.15) is 73.1 Å². The van der Waals surface area contributed by atoms with Gasteiger partial charge in [-0.05, 0) is 66.7 Å². The van der Waals surface area contributed by atoms with Crippen molar-refractivity contribution in [1.29, 1.82) is 0 Å². The standard InChI is InChI=1S/C20H34O3/c1-16(10-7-13-20(5)21-14-15-22-20)8-6-9-17(2)11-12-18-19(3,4)23-18/h9-10,18H,6-8,11-15H2,1-5H3/b16-10+,17-9+. The summed E-state index contributed by atoms with van der Waals surface area (Å²) in [6.45, 7) is 12.3. The van der Waals surface area contributed by atoms with E-state index in [9.17, 15) is 0 Å². The highest BCUT2D eigenvalue weighted by Gasteiger charge is 2.46. The third kappa shape index (κ3) is 6.40. The summed E-state index contributed by atoms with van der Waals surface area (Å²) in [5, 5.41) is 0. The van der Waals surface area contributed by atoms with Crippen LogP contribution in [-0.2, 0) is 14.2 Å². The summed E-state index contributed by atoms with van der Waals surface area (Å²) in [5.41, 5.74) is 3.08. The van der Waals surface area contributed by atoms with Crippen molar-refractivity contribution in [1.82, 2.24) is 0 Å². The molecule has 1 unspecified atom stereocenters. The molecule has 2 aliphatic rings. The van der Waals surface area contributed by atoms with Gasteiger partial charge >= 0.3 is 0 Å². The summed E-state index contributed by atoms with van der Waals surface area (Å²) >= 11 is 0. The van der Waals surface area contributed by atoms with E-state index >= 15 is 0 Å². The van der Waals surface area contributed by atoms with Gasteiger partial charge in [0.2, 0.25) is 0 Å². The molecule has 23 heavy (non-hydrogen) atoms. The summed E-state index contributed by atoms with van der Waals surface area (Å²) in [4.78, 5) is 0. The van der Waals surface area contributed by atoms with E-state index in [1.54, 1.807) is 0 Å².